The molecule has 2 aliphatic rings. The number of likely N-dealkylation sites (tertiary alicyclic amines) is 1. The van der Waals surface area contributed by atoms with Crippen LogP contribution in [0.1, 0.15) is 40.1 Å². The average Bonchev–Trinajstić information content (AvgIpc) is 3.50. The van der Waals surface area contributed by atoms with E-state index in [4.69, 9.17) is 13.9 Å². The molecule has 37 heavy (non-hydrogen) atoms. The molecule has 4 heterocycles. The number of carbonyl (C=O) groups is 3. The number of hydrogen-bond donors (Lipinski definition) is 0. The maximum atomic E-state index is 14.2. The third-order valence-corrected chi connectivity index (χ3v) is 8.65. The molecule has 2 aliphatic heterocycles. The number of rotatable bonds is 5. The highest BCUT2D eigenvalue weighted by molar-refractivity contribution is 7.20. The number of carbonyl (C=O) groups excluding carboxylic acids is 3. The van der Waals surface area contributed by atoms with Gasteiger partial charge in [0.05, 0.1) is 30.9 Å². The summed E-state index contributed by atoms with van der Waals surface area (Å²) in [6.07, 6.45) is 2.23. The van der Waals surface area contributed by atoms with Gasteiger partial charge in [-0.3, -0.25) is 9.59 Å². The number of hydrogen-bond acceptors (Lipinski definition) is 8. The monoisotopic (exact) mass is 523 g/mol. The number of piperidine rings is 1. The Labute approximate surface area is 219 Å². The van der Waals surface area contributed by atoms with Gasteiger partial charge in [-0.15, -0.1) is 11.3 Å². The summed E-state index contributed by atoms with van der Waals surface area (Å²) in [6.45, 7) is 4.63. The van der Waals surface area contributed by atoms with Crippen molar-refractivity contribution in [3.8, 4) is 16.5 Å². The van der Waals surface area contributed by atoms with Crippen LogP contribution in [0, 0.1) is 19.3 Å². The molecule has 1 saturated heterocycles. The molecule has 2 amide bonds. The molecule has 10 heteroatoms. The third-order valence-electron chi connectivity index (χ3n) is 7.35. The van der Waals surface area contributed by atoms with Gasteiger partial charge in [0.2, 0.25) is 11.8 Å². The Morgan fingerprint density at radius 1 is 1.16 bits per heavy atom. The van der Waals surface area contributed by atoms with Crippen molar-refractivity contribution in [1.29, 1.82) is 0 Å². The Kier molecular flexibility index (Phi) is 6.53. The van der Waals surface area contributed by atoms with Crippen molar-refractivity contribution in [2.75, 3.05) is 38.8 Å². The number of oxazole rings is 1. The van der Waals surface area contributed by atoms with Gasteiger partial charge >= 0.3 is 6.09 Å². The normalized spacial score (nSPS) is 16.8. The molecule has 0 aliphatic carbocycles. The topological polar surface area (TPSA) is 102 Å². The van der Waals surface area contributed by atoms with Crippen LogP contribution in [0.15, 0.2) is 34.9 Å². The molecule has 3 aromatic rings. The highest BCUT2D eigenvalue weighted by Crippen LogP contribution is 2.51. The number of methoxy groups -OCH3 is 2. The van der Waals surface area contributed by atoms with E-state index in [1.54, 1.807) is 23.1 Å². The van der Waals surface area contributed by atoms with E-state index < -0.39 is 11.5 Å². The summed E-state index contributed by atoms with van der Waals surface area (Å²) in [6, 6.07) is 7.71. The van der Waals surface area contributed by atoms with Gasteiger partial charge in [0, 0.05) is 19.6 Å². The van der Waals surface area contributed by atoms with E-state index in [0.29, 0.717) is 35.2 Å². The number of para-hydroxylation sites is 1. The number of fused-ring (bicyclic) bond motifs is 1. The fourth-order valence-electron chi connectivity index (χ4n) is 5.29. The largest absolute Gasteiger partial charge is 0.496 e. The van der Waals surface area contributed by atoms with Crippen molar-refractivity contribution in [3.63, 3.8) is 0 Å². The summed E-state index contributed by atoms with van der Waals surface area (Å²) in [7, 11) is 2.95. The maximum absolute atomic E-state index is 14.2. The fourth-order valence-corrected chi connectivity index (χ4v) is 6.55. The molecule has 1 fully saturated rings. The molecule has 0 unspecified atom stereocenters. The molecule has 1 spiro atoms. The first kappa shape index (κ1) is 25.0. The van der Waals surface area contributed by atoms with Gasteiger partial charge in [0.25, 0.3) is 0 Å². The van der Waals surface area contributed by atoms with E-state index in [0.717, 1.165) is 21.8 Å². The molecule has 0 radical (unpaired) electrons. The second kappa shape index (κ2) is 9.66. The van der Waals surface area contributed by atoms with Crippen molar-refractivity contribution >= 4 is 34.1 Å². The van der Waals surface area contributed by atoms with Gasteiger partial charge in [-0.2, -0.15) is 0 Å². The highest BCUT2D eigenvalue weighted by atomic mass is 32.1. The van der Waals surface area contributed by atoms with Crippen LogP contribution in [0.4, 0.5) is 9.80 Å². The lowest BCUT2D eigenvalue weighted by Gasteiger charge is -2.44. The SMILES string of the molecule is COC(=O)N1CCC2(CC1)C(=O)c1c(sc(-c3ncc(C)o3)c1C)N(CCc1ccccc1OC)C2=O. The van der Waals surface area contributed by atoms with Crippen LogP contribution in [-0.2, 0) is 16.0 Å². The van der Waals surface area contributed by atoms with Gasteiger partial charge in [-0.05, 0) is 50.3 Å². The van der Waals surface area contributed by atoms with Gasteiger partial charge in [-0.1, -0.05) is 18.2 Å². The van der Waals surface area contributed by atoms with Gasteiger partial charge < -0.3 is 23.7 Å². The first-order valence-electron chi connectivity index (χ1n) is 12.2. The van der Waals surface area contributed by atoms with Crippen LogP contribution in [0.3, 0.4) is 0 Å². The molecule has 9 nitrogen and oxygen atoms in total. The fraction of sp³-hybridized carbons (Fsp3) is 0.407. The summed E-state index contributed by atoms with van der Waals surface area (Å²) < 4.78 is 16.2. The molecule has 1 aromatic carbocycles. The molecule has 2 aromatic heterocycles. The van der Waals surface area contributed by atoms with E-state index in [1.807, 2.05) is 38.1 Å². The second-order valence-corrected chi connectivity index (χ2v) is 10.4. The van der Waals surface area contributed by atoms with Crippen LogP contribution in [0.25, 0.3) is 10.8 Å². The molecule has 0 saturated carbocycles. The van der Waals surface area contributed by atoms with Gasteiger partial charge in [-0.25, -0.2) is 9.78 Å². The van der Waals surface area contributed by atoms with E-state index in [2.05, 4.69) is 4.98 Å². The molecule has 5 rings (SSSR count). The van der Waals surface area contributed by atoms with Crippen LogP contribution in [0.5, 0.6) is 5.75 Å². The molecular weight excluding hydrogens is 494 g/mol. The van der Waals surface area contributed by atoms with E-state index in [9.17, 15) is 14.4 Å². The Bertz CT molecular complexity index is 1370. The first-order chi connectivity index (χ1) is 17.8. The van der Waals surface area contributed by atoms with Crippen LogP contribution < -0.4 is 9.64 Å². The van der Waals surface area contributed by atoms with Gasteiger partial charge in [0.15, 0.2) is 5.78 Å². The Balaban J connectivity index is 1.56. The zero-order valence-electron chi connectivity index (χ0n) is 21.3. The first-order valence-corrected chi connectivity index (χ1v) is 13.0. The second-order valence-electron chi connectivity index (χ2n) is 9.40. The van der Waals surface area contributed by atoms with Crippen molar-refractivity contribution in [1.82, 2.24) is 9.88 Å². The van der Waals surface area contributed by atoms with Crippen molar-refractivity contribution in [3.05, 3.63) is 52.9 Å². The minimum atomic E-state index is -1.23. The number of thiophene rings is 1. The van der Waals surface area contributed by atoms with E-state index in [1.165, 1.54) is 18.4 Å². The van der Waals surface area contributed by atoms with Crippen molar-refractivity contribution in [2.45, 2.75) is 33.1 Å². The Hall–Kier alpha value is -3.66. The number of amides is 2. The molecule has 0 bridgehead atoms. The number of nitrogens with zero attached hydrogens (tertiary/aromatic N) is 3. The molecule has 0 atom stereocenters. The minimum Gasteiger partial charge on any atom is -0.496 e. The summed E-state index contributed by atoms with van der Waals surface area (Å²) >= 11 is 1.36. The maximum Gasteiger partial charge on any atom is 0.409 e. The smallest absolute Gasteiger partial charge is 0.409 e. The Morgan fingerprint density at radius 3 is 2.54 bits per heavy atom. The zero-order chi connectivity index (χ0) is 26.3. The summed E-state index contributed by atoms with van der Waals surface area (Å²) in [5.74, 6) is 1.45. The van der Waals surface area contributed by atoms with Crippen LogP contribution in [-0.4, -0.2) is 61.5 Å². The Morgan fingerprint density at radius 2 is 1.89 bits per heavy atom. The lowest BCUT2D eigenvalue weighted by Crippen LogP contribution is -2.58. The lowest BCUT2D eigenvalue weighted by atomic mass is 9.69. The van der Waals surface area contributed by atoms with E-state index >= 15 is 0 Å². The lowest BCUT2D eigenvalue weighted by molar-refractivity contribution is -0.128. The highest BCUT2D eigenvalue weighted by Gasteiger charge is 2.55. The quantitative estimate of drug-likeness (QED) is 0.449. The predicted octanol–water partition coefficient (Wildman–Crippen LogP) is 4.65. The summed E-state index contributed by atoms with van der Waals surface area (Å²) in [5, 5.41) is 0.620. The molecular formula is C27H29N3O6S. The van der Waals surface area contributed by atoms with Crippen molar-refractivity contribution < 1.29 is 28.3 Å². The third kappa shape index (κ3) is 4.09. The van der Waals surface area contributed by atoms with Crippen LogP contribution in [0.2, 0.25) is 0 Å². The number of benzene rings is 1. The van der Waals surface area contributed by atoms with Crippen LogP contribution >= 0.6 is 11.3 Å². The molecule has 194 valence electrons. The van der Waals surface area contributed by atoms with Crippen molar-refractivity contribution in [2.24, 2.45) is 5.41 Å². The minimum absolute atomic E-state index is 0.186. The molecule has 0 N–H and O–H groups in total. The standard InChI is InChI=1S/C27H29N3O6S/c1-16-15-28-23(36-16)21-17(2)20-22(31)27(10-13-29(14-11-27)26(33)35-4)25(32)30(24(20)37-21)12-9-18-7-5-6-8-19(18)34-3/h5-8,15H,9-14H2,1-4H3. The summed E-state index contributed by atoms with van der Waals surface area (Å²) in [4.78, 5) is 48.8. The van der Waals surface area contributed by atoms with Gasteiger partial charge in [0.1, 0.15) is 21.9 Å². The number of aromatic nitrogens is 1. The predicted molar refractivity (Wildman–Crippen MR) is 138 cm³/mol. The number of ether oxygens (including phenoxy) is 2. The zero-order valence-corrected chi connectivity index (χ0v) is 22.1. The number of aryl methyl sites for hydroxylation is 1. The van der Waals surface area contributed by atoms with E-state index in [-0.39, 0.29) is 37.6 Å². The number of anilines is 1. The summed E-state index contributed by atoms with van der Waals surface area (Å²) in [5.41, 5.74) is 1.05. The average molecular weight is 524 g/mol. The number of ketones is 1. The number of Topliss-reactive ketones (excluding diaryl/α,β-unsaturated/α-hetero) is 1.